The van der Waals surface area contributed by atoms with Crippen LogP contribution in [0.25, 0.3) is 0 Å². The quantitative estimate of drug-likeness (QED) is 0.664. The van der Waals surface area contributed by atoms with Crippen molar-refractivity contribution >= 4 is 40.9 Å². The van der Waals surface area contributed by atoms with Gasteiger partial charge in [0.1, 0.15) is 5.75 Å². The Morgan fingerprint density at radius 1 is 1.17 bits per heavy atom. The lowest BCUT2D eigenvalue weighted by molar-refractivity contribution is -0.127. The molecule has 0 heterocycles. The van der Waals surface area contributed by atoms with Crippen molar-refractivity contribution in [2.45, 2.75) is 18.8 Å². The van der Waals surface area contributed by atoms with Crippen LogP contribution < -0.4 is 10.1 Å². The van der Waals surface area contributed by atoms with E-state index in [9.17, 15) is 4.79 Å². The first-order valence-corrected chi connectivity index (χ1v) is 9.48. The zero-order valence-corrected chi connectivity index (χ0v) is 15.6. The summed E-state index contributed by atoms with van der Waals surface area (Å²) >= 11 is 13.6. The molecule has 0 aliphatic rings. The minimum atomic E-state index is -0.521. The van der Waals surface area contributed by atoms with Crippen molar-refractivity contribution in [1.82, 2.24) is 5.32 Å². The van der Waals surface area contributed by atoms with Crippen LogP contribution in [0, 0.1) is 0 Å². The summed E-state index contributed by atoms with van der Waals surface area (Å²) in [5.41, 5.74) is 1.11. The van der Waals surface area contributed by atoms with Crippen LogP contribution in [0.1, 0.15) is 12.5 Å². The van der Waals surface area contributed by atoms with Crippen molar-refractivity contribution in [2.24, 2.45) is 0 Å². The number of rotatable bonds is 8. The van der Waals surface area contributed by atoms with Crippen LogP contribution in [0.2, 0.25) is 10.0 Å². The SMILES string of the molecule is CC(Oc1ccccc1)C(=O)NCCSCc1ccc(Cl)c(Cl)c1. The molecule has 24 heavy (non-hydrogen) atoms. The Bertz CT molecular complexity index is 667. The molecule has 0 saturated heterocycles. The molecule has 0 fully saturated rings. The third-order valence-electron chi connectivity index (χ3n) is 3.22. The Hall–Kier alpha value is -1.36. The van der Waals surface area contributed by atoms with Crippen LogP contribution in [-0.4, -0.2) is 24.3 Å². The molecule has 0 bridgehead atoms. The maximum Gasteiger partial charge on any atom is 0.260 e. The van der Waals surface area contributed by atoms with Crippen molar-refractivity contribution < 1.29 is 9.53 Å². The Balaban J connectivity index is 1.64. The molecule has 6 heteroatoms. The first kappa shape index (κ1) is 19.0. The van der Waals surface area contributed by atoms with Gasteiger partial charge in [-0.15, -0.1) is 0 Å². The fourth-order valence-corrected chi connectivity index (χ4v) is 3.09. The summed E-state index contributed by atoms with van der Waals surface area (Å²) in [6.07, 6.45) is -0.521. The molecule has 0 radical (unpaired) electrons. The van der Waals surface area contributed by atoms with E-state index >= 15 is 0 Å². The van der Waals surface area contributed by atoms with Gasteiger partial charge in [0.15, 0.2) is 6.10 Å². The third-order valence-corrected chi connectivity index (χ3v) is 4.99. The number of nitrogens with one attached hydrogen (secondary N) is 1. The second-order valence-electron chi connectivity index (χ2n) is 5.17. The van der Waals surface area contributed by atoms with E-state index in [1.807, 2.05) is 42.5 Å². The van der Waals surface area contributed by atoms with Gasteiger partial charge >= 0.3 is 0 Å². The van der Waals surface area contributed by atoms with Gasteiger partial charge in [0.05, 0.1) is 10.0 Å². The van der Waals surface area contributed by atoms with Gasteiger partial charge in [-0.05, 0) is 36.8 Å². The molecule has 128 valence electrons. The number of benzene rings is 2. The van der Waals surface area contributed by atoms with Gasteiger partial charge in [-0.2, -0.15) is 11.8 Å². The van der Waals surface area contributed by atoms with E-state index in [1.165, 1.54) is 0 Å². The van der Waals surface area contributed by atoms with Gasteiger partial charge in [-0.25, -0.2) is 0 Å². The number of ether oxygens (including phenoxy) is 1. The van der Waals surface area contributed by atoms with Crippen LogP contribution in [-0.2, 0) is 10.5 Å². The molecule has 1 unspecified atom stereocenters. The topological polar surface area (TPSA) is 38.3 Å². The number of para-hydroxylation sites is 1. The molecule has 1 N–H and O–H groups in total. The maximum atomic E-state index is 12.0. The Labute approximate surface area is 156 Å². The summed E-state index contributed by atoms with van der Waals surface area (Å²) in [5.74, 6) is 2.20. The van der Waals surface area contributed by atoms with Gasteiger partial charge in [0.2, 0.25) is 0 Å². The zero-order valence-electron chi connectivity index (χ0n) is 13.3. The number of hydrogen-bond donors (Lipinski definition) is 1. The lowest BCUT2D eigenvalue weighted by Gasteiger charge is -2.14. The van der Waals surface area contributed by atoms with E-state index in [0.29, 0.717) is 22.3 Å². The molecule has 1 atom stereocenters. The van der Waals surface area contributed by atoms with Gasteiger partial charge in [0, 0.05) is 18.1 Å². The highest BCUT2D eigenvalue weighted by atomic mass is 35.5. The highest BCUT2D eigenvalue weighted by Gasteiger charge is 2.13. The first-order chi connectivity index (χ1) is 11.6. The van der Waals surface area contributed by atoms with E-state index < -0.39 is 6.10 Å². The second-order valence-corrected chi connectivity index (χ2v) is 7.08. The molecule has 0 aliphatic carbocycles. The van der Waals surface area contributed by atoms with E-state index in [1.54, 1.807) is 24.8 Å². The van der Waals surface area contributed by atoms with Gasteiger partial charge in [0.25, 0.3) is 5.91 Å². The molecule has 1 amide bonds. The monoisotopic (exact) mass is 383 g/mol. The minimum absolute atomic E-state index is 0.117. The molecular weight excluding hydrogens is 365 g/mol. The average Bonchev–Trinajstić information content (AvgIpc) is 2.58. The number of amides is 1. The number of thioether (sulfide) groups is 1. The van der Waals surface area contributed by atoms with Crippen molar-refractivity contribution in [3.8, 4) is 5.75 Å². The van der Waals surface area contributed by atoms with Crippen molar-refractivity contribution in [3.05, 3.63) is 64.1 Å². The van der Waals surface area contributed by atoms with Crippen LogP contribution in [0.3, 0.4) is 0 Å². The van der Waals surface area contributed by atoms with Crippen LogP contribution in [0.15, 0.2) is 48.5 Å². The Morgan fingerprint density at radius 3 is 2.62 bits per heavy atom. The average molecular weight is 384 g/mol. The Kier molecular flexibility index (Phi) is 7.76. The molecule has 2 rings (SSSR count). The molecule has 0 aromatic heterocycles. The number of halogens is 2. The lowest BCUT2D eigenvalue weighted by Crippen LogP contribution is -2.37. The summed E-state index contributed by atoms with van der Waals surface area (Å²) in [4.78, 5) is 12.0. The molecule has 3 nitrogen and oxygen atoms in total. The number of hydrogen-bond acceptors (Lipinski definition) is 3. The van der Waals surface area contributed by atoms with Crippen molar-refractivity contribution in [3.63, 3.8) is 0 Å². The molecular formula is C18H19Cl2NO2S. The summed E-state index contributed by atoms with van der Waals surface area (Å²) in [6, 6.07) is 14.9. The maximum absolute atomic E-state index is 12.0. The summed E-state index contributed by atoms with van der Waals surface area (Å²) in [5, 5.41) is 4.00. The van der Waals surface area contributed by atoms with Gasteiger partial charge < -0.3 is 10.1 Å². The number of carbonyl (C=O) groups excluding carboxylic acids is 1. The molecule has 2 aromatic carbocycles. The van der Waals surface area contributed by atoms with Gasteiger partial charge in [-0.3, -0.25) is 4.79 Å². The van der Waals surface area contributed by atoms with E-state index in [-0.39, 0.29) is 5.91 Å². The smallest absolute Gasteiger partial charge is 0.260 e. The standard InChI is InChI=1S/C18H19Cl2NO2S/c1-13(23-15-5-3-2-4-6-15)18(22)21-9-10-24-12-14-7-8-16(19)17(20)11-14/h2-8,11,13H,9-10,12H2,1H3,(H,21,22). The summed E-state index contributed by atoms with van der Waals surface area (Å²) in [7, 11) is 0. The molecule has 0 saturated carbocycles. The predicted molar refractivity (Wildman–Crippen MR) is 102 cm³/mol. The zero-order chi connectivity index (χ0) is 17.4. The fraction of sp³-hybridized carbons (Fsp3) is 0.278. The minimum Gasteiger partial charge on any atom is -0.481 e. The van der Waals surface area contributed by atoms with Crippen LogP contribution in [0.4, 0.5) is 0 Å². The van der Waals surface area contributed by atoms with Crippen molar-refractivity contribution in [2.75, 3.05) is 12.3 Å². The van der Waals surface area contributed by atoms with Crippen LogP contribution in [0.5, 0.6) is 5.75 Å². The first-order valence-electron chi connectivity index (χ1n) is 7.57. The molecule has 2 aromatic rings. The van der Waals surface area contributed by atoms with E-state index in [0.717, 1.165) is 17.1 Å². The summed E-state index contributed by atoms with van der Waals surface area (Å²) in [6.45, 7) is 2.33. The highest BCUT2D eigenvalue weighted by Crippen LogP contribution is 2.24. The van der Waals surface area contributed by atoms with Crippen LogP contribution >= 0.6 is 35.0 Å². The van der Waals surface area contributed by atoms with E-state index in [2.05, 4.69) is 5.32 Å². The van der Waals surface area contributed by atoms with E-state index in [4.69, 9.17) is 27.9 Å². The largest absolute Gasteiger partial charge is 0.481 e. The molecule has 0 aliphatic heterocycles. The predicted octanol–water partition coefficient (Wildman–Crippen LogP) is 4.81. The van der Waals surface area contributed by atoms with Gasteiger partial charge in [-0.1, -0.05) is 47.5 Å². The Morgan fingerprint density at radius 2 is 1.92 bits per heavy atom. The third kappa shape index (κ3) is 6.27. The number of carbonyl (C=O) groups is 1. The molecule has 0 spiro atoms. The van der Waals surface area contributed by atoms with Crippen molar-refractivity contribution in [1.29, 1.82) is 0 Å². The highest BCUT2D eigenvalue weighted by molar-refractivity contribution is 7.98. The fourth-order valence-electron chi connectivity index (χ4n) is 1.97. The normalized spacial score (nSPS) is 11.8. The second kappa shape index (κ2) is 9.82. The summed E-state index contributed by atoms with van der Waals surface area (Å²) < 4.78 is 5.58. The lowest BCUT2D eigenvalue weighted by atomic mass is 10.2.